The van der Waals surface area contributed by atoms with Gasteiger partial charge < -0.3 is 20.3 Å². The Hall–Kier alpha value is -1.14. The van der Waals surface area contributed by atoms with Crippen molar-refractivity contribution in [3.05, 3.63) is 0 Å². The molecular weight excluding hydrogens is 947 g/mol. The van der Waals surface area contributed by atoms with E-state index in [1.807, 2.05) is 0 Å². The van der Waals surface area contributed by atoms with Crippen molar-refractivity contribution in [3.8, 4) is 0 Å². The fourth-order valence-corrected chi connectivity index (χ4v) is 11.7. The third-order valence-electron chi connectivity index (χ3n) is 17.2. The molecule has 0 aromatic rings. The van der Waals surface area contributed by atoms with Crippen LogP contribution in [0.25, 0.3) is 0 Å². The van der Waals surface area contributed by atoms with Gasteiger partial charge in [0.15, 0.2) is 0 Å². The lowest BCUT2D eigenvalue weighted by molar-refractivity contribution is -0.143. The number of amides is 1. The molecule has 2 unspecified atom stereocenters. The van der Waals surface area contributed by atoms with Crippen LogP contribution in [0.3, 0.4) is 0 Å². The number of aliphatic hydroxyl groups excluding tert-OH is 2. The number of carbonyl (C=O) groups is 2. The topological polar surface area (TPSA) is 95.9 Å². The molecule has 0 radical (unpaired) electrons. The molecule has 0 aromatic heterocycles. The Morgan fingerprint density at radius 3 is 0.792 bits per heavy atom. The zero-order valence-electron chi connectivity index (χ0n) is 52.7. The quantitative estimate of drug-likeness (QED) is 0.0417. The molecule has 0 rings (SSSR count). The minimum atomic E-state index is -0.661. The second kappa shape index (κ2) is 67.4. The van der Waals surface area contributed by atoms with Gasteiger partial charge in [0.2, 0.25) is 5.91 Å². The van der Waals surface area contributed by atoms with Crippen LogP contribution in [0.5, 0.6) is 0 Å². The van der Waals surface area contributed by atoms with Crippen molar-refractivity contribution >= 4 is 11.9 Å². The molecule has 3 N–H and O–H groups in total. The predicted octanol–water partition coefficient (Wildman–Crippen LogP) is 23.0. The van der Waals surface area contributed by atoms with Gasteiger partial charge in [0.25, 0.3) is 0 Å². The van der Waals surface area contributed by atoms with Gasteiger partial charge in [-0.15, -0.1) is 0 Å². The largest absolute Gasteiger partial charge is 0.466 e. The summed E-state index contributed by atoms with van der Waals surface area (Å²) in [7, 11) is 0. The third kappa shape index (κ3) is 63.9. The Bertz CT molecular complexity index is 1120. The summed E-state index contributed by atoms with van der Waals surface area (Å²) in [6, 6.07) is -0.538. The van der Waals surface area contributed by atoms with Gasteiger partial charge in [-0.3, -0.25) is 9.59 Å². The summed E-state index contributed by atoms with van der Waals surface area (Å²) in [4.78, 5) is 24.6. The highest BCUT2D eigenvalue weighted by atomic mass is 16.5. The van der Waals surface area contributed by atoms with Gasteiger partial charge in [0.1, 0.15) is 0 Å². The van der Waals surface area contributed by atoms with E-state index < -0.39 is 12.1 Å². The van der Waals surface area contributed by atoms with Crippen molar-refractivity contribution in [2.45, 2.75) is 431 Å². The molecule has 0 aliphatic carbocycles. The number of hydrogen-bond acceptors (Lipinski definition) is 5. The van der Waals surface area contributed by atoms with Crippen LogP contribution >= 0.6 is 0 Å². The number of unbranched alkanes of at least 4 members (excludes halogenated alkanes) is 57. The molecule has 460 valence electrons. The SMILES string of the molecule is CCCCCCCCCCCCCCCCCCCCC(O)C(CO)NC(=O)CCCCCCCCCCCCCCCCCCCCCCCCCCCCCCOC(=O)CCCCCCCCCCCCCCCC. The summed E-state index contributed by atoms with van der Waals surface area (Å²) in [5.41, 5.74) is 0. The van der Waals surface area contributed by atoms with Gasteiger partial charge in [-0.1, -0.05) is 380 Å². The zero-order chi connectivity index (χ0) is 55.7. The summed E-state index contributed by atoms with van der Waals surface area (Å²) < 4.78 is 5.50. The first kappa shape index (κ1) is 75.9. The van der Waals surface area contributed by atoms with E-state index in [0.29, 0.717) is 25.9 Å². The Morgan fingerprint density at radius 2 is 0.532 bits per heavy atom. The first-order valence-electron chi connectivity index (χ1n) is 35.8. The third-order valence-corrected chi connectivity index (χ3v) is 17.2. The van der Waals surface area contributed by atoms with Crippen molar-refractivity contribution in [2.75, 3.05) is 13.2 Å². The van der Waals surface area contributed by atoms with E-state index in [4.69, 9.17) is 4.74 Å². The van der Waals surface area contributed by atoms with Crippen LogP contribution in [0.1, 0.15) is 418 Å². The highest BCUT2D eigenvalue weighted by Gasteiger charge is 2.20. The normalized spacial score (nSPS) is 12.4. The number of hydrogen-bond donors (Lipinski definition) is 3. The number of carbonyl (C=O) groups excluding carboxylic acids is 2. The minimum absolute atomic E-state index is 0.0224. The highest BCUT2D eigenvalue weighted by molar-refractivity contribution is 5.76. The van der Waals surface area contributed by atoms with Crippen molar-refractivity contribution in [3.63, 3.8) is 0 Å². The number of esters is 1. The molecule has 6 heteroatoms. The van der Waals surface area contributed by atoms with Gasteiger partial charge in [-0.05, 0) is 25.7 Å². The molecule has 77 heavy (non-hydrogen) atoms. The second-order valence-electron chi connectivity index (χ2n) is 24.9. The van der Waals surface area contributed by atoms with Crippen molar-refractivity contribution in [1.29, 1.82) is 0 Å². The monoisotopic (exact) mass is 1090 g/mol. The van der Waals surface area contributed by atoms with Crippen LogP contribution < -0.4 is 5.32 Å². The lowest BCUT2D eigenvalue weighted by Gasteiger charge is -2.22. The van der Waals surface area contributed by atoms with Crippen LogP contribution in [0.2, 0.25) is 0 Å². The van der Waals surface area contributed by atoms with Crippen LogP contribution in [-0.2, 0) is 14.3 Å². The van der Waals surface area contributed by atoms with Crippen molar-refractivity contribution in [2.24, 2.45) is 0 Å². The van der Waals surface area contributed by atoms with E-state index in [9.17, 15) is 19.8 Å². The molecule has 0 aromatic carbocycles. The second-order valence-corrected chi connectivity index (χ2v) is 24.9. The van der Waals surface area contributed by atoms with Crippen molar-refractivity contribution < 1.29 is 24.5 Å². The van der Waals surface area contributed by atoms with Gasteiger partial charge in [0.05, 0.1) is 25.4 Å². The van der Waals surface area contributed by atoms with Crippen LogP contribution in [-0.4, -0.2) is 47.4 Å². The van der Waals surface area contributed by atoms with Gasteiger partial charge in [0, 0.05) is 12.8 Å². The number of nitrogens with one attached hydrogen (secondary N) is 1. The Kier molecular flexibility index (Phi) is 66.4. The van der Waals surface area contributed by atoms with Gasteiger partial charge in [-0.2, -0.15) is 0 Å². The lowest BCUT2D eigenvalue weighted by Crippen LogP contribution is -2.45. The summed E-state index contributed by atoms with van der Waals surface area (Å²) in [5, 5.41) is 23.4. The summed E-state index contributed by atoms with van der Waals surface area (Å²) in [6.45, 7) is 5.01. The molecule has 1 amide bonds. The number of aliphatic hydroxyl groups is 2. The van der Waals surface area contributed by atoms with E-state index >= 15 is 0 Å². The van der Waals surface area contributed by atoms with Crippen LogP contribution in [0, 0.1) is 0 Å². The summed E-state index contributed by atoms with van der Waals surface area (Å²) >= 11 is 0. The molecule has 0 fully saturated rings. The average Bonchev–Trinajstić information content (AvgIpc) is 3.43. The van der Waals surface area contributed by atoms with E-state index in [1.165, 1.54) is 347 Å². The number of ether oxygens (including phenoxy) is 1. The van der Waals surface area contributed by atoms with Crippen LogP contribution in [0.4, 0.5) is 0 Å². The number of rotatable bonds is 68. The molecule has 0 aliphatic rings. The van der Waals surface area contributed by atoms with E-state index in [1.54, 1.807) is 0 Å². The van der Waals surface area contributed by atoms with E-state index in [2.05, 4.69) is 19.2 Å². The molecule has 6 nitrogen and oxygen atoms in total. The Morgan fingerprint density at radius 1 is 0.312 bits per heavy atom. The fraction of sp³-hybridized carbons (Fsp3) is 0.972. The fourth-order valence-electron chi connectivity index (χ4n) is 11.7. The standard InChI is InChI=1S/C71H141NO5/c1-3-5-7-9-11-13-15-17-19-20-33-36-39-43-47-51-55-59-63-69(74)68(67-73)72-70(75)64-60-56-52-48-44-40-37-34-31-29-27-25-23-21-22-24-26-28-30-32-35-38-42-46-50-54-58-62-66-77-71(76)65-61-57-53-49-45-41-18-16-14-12-10-8-6-4-2/h68-69,73-74H,3-67H2,1-2H3,(H,72,75). The zero-order valence-corrected chi connectivity index (χ0v) is 52.7. The molecule has 0 bridgehead atoms. The molecule has 0 heterocycles. The highest BCUT2D eigenvalue weighted by Crippen LogP contribution is 2.20. The first-order chi connectivity index (χ1) is 38.0. The molecule has 2 atom stereocenters. The predicted molar refractivity (Wildman–Crippen MR) is 338 cm³/mol. The maximum Gasteiger partial charge on any atom is 0.305 e. The average molecular weight is 1090 g/mol. The van der Waals surface area contributed by atoms with Gasteiger partial charge >= 0.3 is 5.97 Å². The molecule has 0 saturated heterocycles. The molecule has 0 saturated carbocycles. The Labute approximate surface area is 483 Å². The maximum absolute atomic E-state index is 12.5. The van der Waals surface area contributed by atoms with E-state index in [0.717, 1.165) is 38.5 Å². The summed E-state index contributed by atoms with van der Waals surface area (Å²) in [6.07, 6.45) is 81.6. The Balaban J connectivity index is 3.33. The van der Waals surface area contributed by atoms with Gasteiger partial charge in [-0.25, -0.2) is 0 Å². The van der Waals surface area contributed by atoms with Crippen molar-refractivity contribution in [1.82, 2.24) is 5.32 Å². The maximum atomic E-state index is 12.5. The van der Waals surface area contributed by atoms with E-state index in [-0.39, 0.29) is 18.5 Å². The first-order valence-corrected chi connectivity index (χ1v) is 35.8. The summed E-state index contributed by atoms with van der Waals surface area (Å²) in [5.74, 6) is -0.00459. The van der Waals surface area contributed by atoms with Crippen LogP contribution in [0.15, 0.2) is 0 Å². The lowest BCUT2D eigenvalue weighted by atomic mass is 10.0. The molecule has 0 aliphatic heterocycles. The molecular formula is C71H141NO5. The minimum Gasteiger partial charge on any atom is -0.466 e. The molecule has 0 spiro atoms. The smallest absolute Gasteiger partial charge is 0.305 e.